The summed E-state index contributed by atoms with van der Waals surface area (Å²) >= 11 is 5.65. The van der Waals surface area contributed by atoms with Gasteiger partial charge in [0.05, 0.1) is 10.5 Å². The van der Waals surface area contributed by atoms with Gasteiger partial charge < -0.3 is 4.84 Å². The van der Waals surface area contributed by atoms with Gasteiger partial charge in [0, 0.05) is 19.9 Å². The molecule has 0 saturated carbocycles. The minimum atomic E-state index is -4.93. The van der Waals surface area contributed by atoms with Crippen molar-refractivity contribution in [2.24, 2.45) is 0 Å². The first-order valence-corrected chi connectivity index (χ1v) is 5.87. The number of anilines is 1. The normalized spacial score (nSPS) is 11.0. The van der Waals surface area contributed by atoms with E-state index < -0.39 is 44.9 Å². The van der Waals surface area contributed by atoms with Gasteiger partial charge in [-0.15, -0.1) is 5.06 Å². The number of nitrogens with zero attached hydrogens (tertiary/aromatic N) is 2. The average molecular weight is 341 g/mol. The molecule has 0 bridgehead atoms. The van der Waals surface area contributed by atoms with Crippen LogP contribution in [0.3, 0.4) is 0 Å². The Morgan fingerprint density at radius 2 is 1.86 bits per heavy atom. The highest BCUT2D eigenvalue weighted by molar-refractivity contribution is 6.35. The Hall–Kier alpha value is -2.36. The van der Waals surface area contributed by atoms with Crippen molar-refractivity contribution in [1.82, 2.24) is 0 Å². The standard InChI is InChI=1S/C11H8ClF3N2O5/c1-5(18)16(22-6(2)19)8-3-7(11(13,14)15)4-9(10(8)12)17(20)21/h3-4H,1-2H3. The molecule has 1 aromatic rings. The van der Waals surface area contributed by atoms with Crippen molar-refractivity contribution in [3.8, 4) is 0 Å². The Bertz CT molecular complexity index is 647. The summed E-state index contributed by atoms with van der Waals surface area (Å²) in [7, 11) is 0. The molecule has 0 aliphatic carbocycles. The van der Waals surface area contributed by atoms with Crippen LogP contribution in [0.5, 0.6) is 0 Å². The number of carbonyl (C=O) groups is 2. The van der Waals surface area contributed by atoms with E-state index in [1.165, 1.54) is 0 Å². The second-order valence-electron chi connectivity index (χ2n) is 3.98. The third-order valence-corrected chi connectivity index (χ3v) is 2.67. The number of halogens is 4. The predicted octanol–water partition coefficient (Wildman–Crippen LogP) is 3.10. The van der Waals surface area contributed by atoms with E-state index in [0.717, 1.165) is 13.8 Å². The molecule has 120 valence electrons. The van der Waals surface area contributed by atoms with Crippen LogP contribution in [-0.4, -0.2) is 16.8 Å². The van der Waals surface area contributed by atoms with Crippen LogP contribution in [0, 0.1) is 10.1 Å². The van der Waals surface area contributed by atoms with E-state index in [4.69, 9.17) is 11.6 Å². The van der Waals surface area contributed by atoms with Crippen LogP contribution in [0.25, 0.3) is 0 Å². The summed E-state index contributed by atoms with van der Waals surface area (Å²) in [4.78, 5) is 36.5. The fraction of sp³-hybridized carbons (Fsp3) is 0.273. The van der Waals surface area contributed by atoms with Crippen LogP contribution in [-0.2, 0) is 20.6 Å². The number of rotatable bonds is 2. The summed E-state index contributed by atoms with van der Waals surface area (Å²) in [6.07, 6.45) is -4.93. The highest BCUT2D eigenvalue weighted by Crippen LogP contribution is 2.41. The molecule has 0 heterocycles. The van der Waals surface area contributed by atoms with Crippen LogP contribution in [0.4, 0.5) is 24.5 Å². The van der Waals surface area contributed by atoms with Gasteiger partial charge in [0.25, 0.3) is 11.6 Å². The molecule has 0 saturated heterocycles. The molecule has 11 heteroatoms. The summed E-state index contributed by atoms with van der Waals surface area (Å²) in [5.41, 5.74) is -3.26. The topological polar surface area (TPSA) is 89.8 Å². The van der Waals surface area contributed by atoms with Gasteiger partial charge in [-0.25, -0.2) is 4.79 Å². The highest BCUT2D eigenvalue weighted by Gasteiger charge is 2.36. The Morgan fingerprint density at radius 3 is 2.23 bits per heavy atom. The lowest BCUT2D eigenvalue weighted by molar-refractivity contribution is -0.384. The minimum Gasteiger partial charge on any atom is -0.333 e. The molecule has 0 radical (unpaired) electrons. The number of hydrogen-bond acceptors (Lipinski definition) is 5. The summed E-state index contributed by atoms with van der Waals surface area (Å²) in [6.45, 7) is 1.78. The lowest BCUT2D eigenvalue weighted by Gasteiger charge is -2.21. The third kappa shape index (κ3) is 3.85. The van der Waals surface area contributed by atoms with Crippen molar-refractivity contribution < 1.29 is 32.5 Å². The van der Waals surface area contributed by atoms with Crippen molar-refractivity contribution in [3.05, 3.63) is 32.8 Å². The molecule has 0 aromatic heterocycles. The highest BCUT2D eigenvalue weighted by atomic mass is 35.5. The van der Waals surface area contributed by atoms with Crippen molar-refractivity contribution in [3.63, 3.8) is 0 Å². The van der Waals surface area contributed by atoms with Gasteiger partial charge in [-0.2, -0.15) is 13.2 Å². The molecule has 7 nitrogen and oxygen atoms in total. The third-order valence-electron chi connectivity index (χ3n) is 2.28. The first-order chi connectivity index (χ1) is 9.95. The van der Waals surface area contributed by atoms with Crippen LogP contribution >= 0.6 is 11.6 Å². The quantitative estimate of drug-likeness (QED) is 0.609. The Kier molecular flexibility index (Phi) is 4.97. The molecule has 0 aliphatic heterocycles. The fourth-order valence-electron chi connectivity index (χ4n) is 1.45. The molecular weight excluding hydrogens is 333 g/mol. The molecule has 0 N–H and O–H groups in total. The molecule has 22 heavy (non-hydrogen) atoms. The second kappa shape index (κ2) is 6.18. The number of hydroxylamine groups is 1. The zero-order valence-electron chi connectivity index (χ0n) is 11.1. The van der Waals surface area contributed by atoms with Crippen LogP contribution < -0.4 is 5.06 Å². The van der Waals surface area contributed by atoms with E-state index in [2.05, 4.69) is 4.84 Å². The molecule has 1 amide bonds. The van der Waals surface area contributed by atoms with E-state index in [-0.39, 0.29) is 11.1 Å². The van der Waals surface area contributed by atoms with Crippen molar-refractivity contribution in [2.45, 2.75) is 20.0 Å². The number of carbonyl (C=O) groups excluding carboxylic acids is 2. The van der Waals surface area contributed by atoms with E-state index in [9.17, 15) is 32.9 Å². The number of nitro groups is 1. The lowest BCUT2D eigenvalue weighted by Crippen LogP contribution is -2.31. The Labute approximate surface area is 126 Å². The number of benzene rings is 1. The summed E-state index contributed by atoms with van der Waals surface area (Å²) in [6, 6.07) is 0.595. The van der Waals surface area contributed by atoms with Crippen molar-refractivity contribution >= 4 is 34.9 Å². The molecule has 0 aliphatic rings. The zero-order chi connectivity index (χ0) is 17.2. The van der Waals surface area contributed by atoms with E-state index in [1.54, 1.807) is 0 Å². The van der Waals surface area contributed by atoms with E-state index in [0.29, 0.717) is 6.07 Å². The molecule has 1 aromatic carbocycles. The zero-order valence-corrected chi connectivity index (χ0v) is 11.9. The van der Waals surface area contributed by atoms with Gasteiger partial charge >= 0.3 is 12.1 Å². The van der Waals surface area contributed by atoms with Crippen molar-refractivity contribution in [1.29, 1.82) is 0 Å². The number of hydrogen-bond donors (Lipinski definition) is 0. The second-order valence-corrected chi connectivity index (χ2v) is 4.36. The van der Waals surface area contributed by atoms with Crippen LogP contribution in [0.15, 0.2) is 12.1 Å². The van der Waals surface area contributed by atoms with Crippen LogP contribution in [0.2, 0.25) is 5.02 Å². The molecule has 0 spiro atoms. The van der Waals surface area contributed by atoms with E-state index in [1.807, 2.05) is 0 Å². The summed E-state index contributed by atoms with van der Waals surface area (Å²) in [5.74, 6) is -2.02. The maximum Gasteiger partial charge on any atom is 0.416 e. The maximum absolute atomic E-state index is 12.8. The Balaban J connectivity index is 3.63. The smallest absolute Gasteiger partial charge is 0.333 e. The number of amides is 1. The summed E-state index contributed by atoms with van der Waals surface area (Å²) in [5, 5.41) is 10.2. The molecular formula is C11H8ClF3N2O5. The SMILES string of the molecule is CC(=O)ON(C(C)=O)c1cc(C(F)(F)F)cc([N+](=O)[O-])c1Cl. The minimum absolute atomic E-state index is 0.160. The van der Waals surface area contributed by atoms with Gasteiger partial charge in [-0.1, -0.05) is 11.6 Å². The lowest BCUT2D eigenvalue weighted by atomic mass is 10.1. The summed E-state index contributed by atoms with van der Waals surface area (Å²) < 4.78 is 38.4. The predicted molar refractivity (Wildman–Crippen MR) is 68.0 cm³/mol. The monoisotopic (exact) mass is 340 g/mol. The van der Waals surface area contributed by atoms with E-state index >= 15 is 0 Å². The van der Waals surface area contributed by atoms with Gasteiger partial charge in [-0.3, -0.25) is 14.9 Å². The first-order valence-electron chi connectivity index (χ1n) is 5.49. The van der Waals surface area contributed by atoms with Gasteiger partial charge in [0.2, 0.25) is 0 Å². The molecule has 1 rings (SSSR count). The van der Waals surface area contributed by atoms with Crippen LogP contribution in [0.1, 0.15) is 19.4 Å². The number of alkyl halides is 3. The van der Waals surface area contributed by atoms with Crippen molar-refractivity contribution in [2.75, 3.05) is 5.06 Å². The van der Waals surface area contributed by atoms with Gasteiger partial charge in [0.1, 0.15) is 10.7 Å². The first kappa shape index (κ1) is 17.7. The number of nitro benzene ring substituents is 1. The molecule has 0 unspecified atom stereocenters. The van der Waals surface area contributed by atoms with Gasteiger partial charge in [0.15, 0.2) is 0 Å². The largest absolute Gasteiger partial charge is 0.416 e. The van der Waals surface area contributed by atoms with Gasteiger partial charge in [-0.05, 0) is 6.07 Å². The maximum atomic E-state index is 12.8. The molecule has 0 fully saturated rings. The average Bonchev–Trinajstić information content (AvgIpc) is 2.34. The Morgan fingerprint density at radius 1 is 1.32 bits per heavy atom. The fourth-order valence-corrected chi connectivity index (χ4v) is 1.70. The molecule has 0 atom stereocenters.